The fraction of sp³-hybridized carbons (Fsp3) is 0.625. The van der Waals surface area contributed by atoms with Gasteiger partial charge in [-0.15, -0.1) is 0 Å². The highest BCUT2D eigenvalue weighted by Gasteiger charge is 2.23. The van der Waals surface area contributed by atoms with Crippen LogP contribution in [0.1, 0.15) is 25.8 Å². The molecule has 0 saturated carbocycles. The van der Waals surface area contributed by atoms with E-state index in [9.17, 15) is 0 Å². The van der Waals surface area contributed by atoms with Gasteiger partial charge < -0.3 is 15.0 Å². The van der Waals surface area contributed by atoms with Crippen LogP contribution in [-0.2, 0) is 6.54 Å². The second kappa shape index (κ2) is 7.43. The van der Waals surface area contributed by atoms with Crippen LogP contribution < -0.4 is 10.1 Å². The first kappa shape index (κ1) is 15.8. The van der Waals surface area contributed by atoms with Gasteiger partial charge in [-0.05, 0) is 57.5 Å². The molecule has 0 spiro atoms. The molecule has 112 valence electrons. The lowest BCUT2D eigenvalue weighted by molar-refractivity contribution is 0.264. The summed E-state index contributed by atoms with van der Waals surface area (Å²) in [6.07, 6.45) is 1.31. The molecule has 4 heteroatoms. The number of halogens is 1. The summed E-state index contributed by atoms with van der Waals surface area (Å²) in [6.45, 7) is 8.97. The topological polar surface area (TPSA) is 24.5 Å². The van der Waals surface area contributed by atoms with E-state index in [0.717, 1.165) is 29.2 Å². The van der Waals surface area contributed by atoms with Crippen molar-refractivity contribution in [3.63, 3.8) is 0 Å². The Hall–Kier alpha value is -0.580. The van der Waals surface area contributed by atoms with E-state index in [4.69, 9.17) is 4.74 Å². The van der Waals surface area contributed by atoms with Gasteiger partial charge in [0.15, 0.2) is 0 Å². The third-order valence-corrected chi connectivity index (χ3v) is 4.53. The average molecular weight is 341 g/mol. The molecule has 1 aliphatic rings. The van der Waals surface area contributed by atoms with Crippen molar-refractivity contribution >= 4 is 15.9 Å². The SMILES string of the molecule is COc1ccc(Br)cc1CNCC1CCN(C(C)C)C1. The molecule has 1 unspecified atom stereocenters. The van der Waals surface area contributed by atoms with Crippen molar-refractivity contribution in [2.24, 2.45) is 5.92 Å². The minimum atomic E-state index is 0.671. The number of benzene rings is 1. The summed E-state index contributed by atoms with van der Waals surface area (Å²) in [5.41, 5.74) is 1.21. The monoisotopic (exact) mass is 340 g/mol. The van der Waals surface area contributed by atoms with Gasteiger partial charge in [-0.25, -0.2) is 0 Å². The largest absolute Gasteiger partial charge is 0.496 e. The number of nitrogens with one attached hydrogen (secondary N) is 1. The number of rotatable bonds is 6. The Morgan fingerprint density at radius 2 is 2.25 bits per heavy atom. The van der Waals surface area contributed by atoms with E-state index in [1.807, 2.05) is 12.1 Å². The van der Waals surface area contributed by atoms with E-state index in [-0.39, 0.29) is 0 Å². The Morgan fingerprint density at radius 3 is 2.90 bits per heavy atom. The molecule has 1 aliphatic heterocycles. The van der Waals surface area contributed by atoms with Crippen molar-refractivity contribution in [3.05, 3.63) is 28.2 Å². The zero-order valence-corrected chi connectivity index (χ0v) is 14.2. The zero-order valence-electron chi connectivity index (χ0n) is 12.7. The molecule has 1 aromatic carbocycles. The first-order valence-corrected chi connectivity index (χ1v) is 8.16. The summed E-state index contributed by atoms with van der Waals surface area (Å²) < 4.78 is 6.50. The number of hydrogen-bond acceptors (Lipinski definition) is 3. The highest BCUT2D eigenvalue weighted by atomic mass is 79.9. The molecule has 3 nitrogen and oxygen atoms in total. The molecule has 20 heavy (non-hydrogen) atoms. The van der Waals surface area contributed by atoms with Gasteiger partial charge in [0.1, 0.15) is 5.75 Å². The van der Waals surface area contributed by atoms with Crippen LogP contribution in [0.5, 0.6) is 5.75 Å². The summed E-state index contributed by atoms with van der Waals surface area (Å²) in [5.74, 6) is 1.73. The first-order chi connectivity index (χ1) is 9.60. The predicted molar refractivity (Wildman–Crippen MR) is 87.2 cm³/mol. The fourth-order valence-corrected chi connectivity index (χ4v) is 3.20. The molecule has 0 bridgehead atoms. The van der Waals surface area contributed by atoms with Gasteiger partial charge in [0.05, 0.1) is 7.11 Å². The molecule has 0 aromatic heterocycles. The fourth-order valence-electron chi connectivity index (χ4n) is 2.79. The molecule has 1 fully saturated rings. The summed E-state index contributed by atoms with van der Waals surface area (Å²) in [4.78, 5) is 2.56. The van der Waals surface area contributed by atoms with Gasteiger partial charge in [0, 0.05) is 29.2 Å². The number of methoxy groups -OCH3 is 1. The summed E-state index contributed by atoms with van der Waals surface area (Å²) in [7, 11) is 1.73. The number of hydrogen-bond donors (Lipinski definition) is 1. The number of ether oxygens (including phenoxy) is 1. The Morgan fingerprint density at radius 1 is 1.45 bits per heavy atom. The maximum Gasteiger partial charge on any atom is 0.123 e. The van der Waals surface area contributed by atoms with Crippen molar-refractivity contribution in [2.75, 3.05) is 26.7 Å². The van der Waals surface area contributed by atoms with Crippen LogP contribution in [0, 0.1) is 5.92 Å². The first-order valence-electron chi connectivity index (χ1n) is 7.37. The molecule has 1 heterocycles. The summed E-state index contributed by atoms with van der Waals surface area (Å²) >= 11 is 3.52. The second-order valence-electron chi connectivity index (χ2n) is 5.83. The molecule has 1 N–H and O–H groups in total. The van der Waals surface area contributed by atoms with Crippen LogP contribution in [0.3, 0.4) is 0 Å². The maximum absolute atomic E-state index is 5.40. The van der Waals surface area contributed by atoms with Crippen LogP contribution >= 0.6 is 15.9 Å². The molecule has 0 amide bonds. The Kier molecular flexibility index (Phi) is 5.87. The van der Waals surface area contributed by atoms with E-state index in [2.05, 4.69) is 46.1 Å². The van der Waals surface area contributed by atoms with E-state index in [0.29, 0.717) is 6.04 Å². The second-order valence-corrected chi connectivity index (χ2v) is 6.75. The molecule has 0 radical (unpaired) electrons. The van der Waals surface area contributed by atoms with Crippen LogP contribution in [0.2, 0.25) is 0 Å². The van der Waals surface area contributed by atoms with E-state index >= 15 is 0 Å². The minimum Gasteiger partial charge on any atom is -0.496 e. The van der Waals surface area contributed by atoms with E-state index in [1.165, 1.54) is 25.1 Å². The quantitative estimate of drug-likeness (QED) is 0.859. The van der Waals surface area contributed by atoms with Crippen LogP contribution in [0.25, 0.3) is 0 Å². The Balaban J connectivity index is 1.80. The third kappa shape index (κ3) is 4.21. The molecule has 1 saturated heterocycles. The van der Waals surface area contributed by atoms with Crippen molar-refractivity contribution in [1.29, 1.82) is 0 Å². The number of nitrogens with zero attached hydrogens (tertiary/aromatic N) is 1. The normalized spacial score (nSPS) is 19.8. The van der Waals surface area contributed by atoms with Gasteiger partial charge in [-0.2, -0.15) is 0 Å². The van der Waals surface area contributed by atoms with Gasteiger partial charge in [0.2, 0.25) is 0 Å². The smallest absolute Gasteiger partial charge is 0.123 e. The average Bonchev–Trinajstić information content (AvgIpc) is 2.88. The minimum absolute atomic E-state index is 0.671. The van der Waals surface area contributed by atoms with Crippen molar-refractivity contribution < 1.29 is 4.74 Å². The highest BCUT2D eigenvalue weighted by Crippen LogP contribution is 2.23. The molecule has 0 aliphatic carbocycles. The zero-order chi connectivity index (χ0) is 14.5. The summed E-state index contributed by atoms with van der Waals surface area (Å²) in [5, 5.41) is 3.58. The third-order valence-electron chi connectivity index (χ3n) is 4.04. The van der Waals surface area contributed by atoms with Gasteiger partial charge in [-0.3, -0.25) is 0 Å². The van der Waals surface area contributed by atoms with Gasteiger partial charge >= 0.3 is 0 Å². The lowest BCUT2D eigenvalue weighted by Crippen LogP contribution is -2.30. The molecular formula is C16H25BrN2O. The van der Waals surface area contributed by atoms with Gasteiger partial charge in [0.25, 0.3) is 0 Å². The lowest BCUT2D eigenvalue weighted by atomic mass is 10.1. The molecular weight excluding hydrogens is 316 g/mol. The van der Waals surface area contributed by atoms with Crippen LogP contribution in [0.15, 0.2) is 22.7 Å². The van der Waals surface area contributed by atoms with Crippen molar-refractivity contribution in [1.82, 2.24) is 10.2 Å². The van der Waals surface area contributed by atoms with Gasteiger partial charge in [-0.1, -0.05) is 15.9 Å². The number of likely N-dealkylation sites (tertiary alicyclic amines) is 1. The van der Waals surface area contributed by atoms with E-state index in [1.54, 1.807) is 7.11 Å². The van der Waals surface area contributed by atoms with E-state index < -0.39 is 0 Å². The van der Waals surface area contributed by atoms with Crippen LogP contribution in [0.4, 0.5) is 0 Å². The van der Waals surface area contributed by atoms with Crippen molar-refractivity contribution in [2.45, 2.75) is 32.9 Å². The molecule has 1 aromatic rings. The Bertz CT molecular complexity index is 436. The lowest BCUT2D eigenvalue weighted by Gasteiger charge is -2.20. The van der Waals surface area contributed by atoms with Crippen molar-refractivity contribution in [3.8, 4) is 5.75 Å². The highest BCUT2D eigenvalue weighted by molar-refractivity contribution is 9.10. The molecule has 2 rings (SSSR count). The maximum atomic E-state index is 5.40. The molecule has 1 atom stereocenters. The predicted octanol–water partition coefficient (Wildman–Crippen LogP) is 3.28. The Labute approximate surface area is 130 Å². The van der Waals surface area contributed by atoms with Crippen LogP contribution in [-0.4, -0.2) is 37.7 Å². The summed E-state index contributed by atoms with van der Waals surface area (Å²) in [6, 6.07) is 6.82. The standard InChI is InChI=1S/C16H25BrN2O/c1-12(2)19-7-6-13(11-19)9-18-10-14-8-15(17)4-5-16(14)20-3/h4-5,8,12-13,18H,6-7,9-11H2,1-3H3.